The maximum absolute atomic E-state index is 11.6. The zero-order valence-electron chi connectivity index (χ0n) is 11.8. The van der Waals surface area contributed by atoms with Gasteiger partial charge in [-0.1, -0.05) is 13.8 Å². The first kappa shape index (κ1) is 15.6. The highest BCUT2D eigenvalue weighted by Gasteiger charge is 2.23. The number of hydrogen-bond donors (Lipinski definition) is 0. The van der Waals surface area contributed by atoms with Gasteiger partial charge < -0.3 is 9.47 Å². The summed E-state index contributed by atoms with van der Waals surface area (Å²) in [5.41, 5.74) is 1.44. The van der Waals surface area contributed by atoms with Crippen molar-refractivity contribution in [1.82, 2.24) is 0 Å². The van der Waals surface area contributed by atoms with Crippen molar-refractivity contribution in [2.24, 2.45) is 0 Å². The van der Waals surface area contributed by atoms with E-state index in [4.69, 9.17) is 20.2 Å². The second-order valence-electron chi connectivity index (χ2n) is 5.35. The SMILES string of the molecule is Cc1cc(OC2CCOC2)c(C(C)C)cc1S(=O)(=O)Cl. The van der Waals surface area contributed by atoms with Crippen molar-refractivity contribution in [2.45, 2.75) is 44.1 Å². The molecule has 0 spiro atoms. The van der Waals surface area contributed by atoms with Gasteiger partial charge in [0.2, 0.25) is 0 Å². The van der Waals surface area contributed by atoms with E-state index in [1.807, 2.05) is 13.8 Å². The number of benzene rings is 1. The van der Waals surface area contributed by atoms with Gasteiger partial charge in [0, 0.05) is 17.1 Å². The lowest BCUT2D eigenvalue weighted by Gasteiger charge is -2.19. The van der Waals surface area contributed by atoms with Crippen molar-refractivity contribution < 1.29 is 17.9 Å². The summed E-state index contributed by atoms with van der Waals surface area (Å²) in [6.45, 7) is 6.99. The Kier molecular flexibility index (Phi) is 4.62. The van der Waals surface area contributed by atoms with E-state index >= 15 is 0 Å². The van der Waals surface area contributed by atoms with Crippen molar-refractivity contribution in [1.29, 1.82) is 0 Å². The normalized spacial score (nSPS) is 19.6. The molecule has 0 aliphatic carbocycles. The Balaban J connectivity index is 2.43. The van der Waals surface area contributed by atoms with E-state index < -0.39 is 9.05 Å². The second-order valence-corrected chi connectivity index (χ2v) is 7.89. The molecule has 1 aromatic carbocycles. The molecule has 1 unspecified atom stereocenters. The molecular formula is C14H19ClO4S. The summed E-state index contributed by atoms with van der Waals surface area (Å²) in [6, 6.07) is 3.37. The summed E-state index contributed by atoms with van der Waals surface area (Å²) in [4.78, 5) is 0.151. The molecule has 1 aromatic rings. The fraction of sp³-hybridized carbons (Fsp3) is 0.571. The average molecular weight is 319 g/mol. The van der Waals surface area contributed by atoms with Crippen molar-refractivity contribution in [3.63, 3.8) is 0 Å². The van der Waals surface area contributed by atoms with Gasteiger partial charge >= 0.3 is 0 Å². The molecule has 112 valence electrons. The van der Waals surface area contributed by atoms with Gasteiger partial charge in [-0.25, -0.2) is 8.42 Å². The molecule has 1 aliphatic rings. The van der Waals surface area contributed by atoms with Crippen LogP contribution in [0.1, 0.15) is 37.3 Å². The molecule has 0 amide bonds. The van der Waals surface area contributed by atoms with Crippen molar-refractivity contribution >= 4 is 19.7 Å². The van der Waals surface area contributed by atoms with Gasteiger partial charge in [0.05, 0.1) is 18.1 Å². The Labute approximate surface area is 124 Å². The minimum atomic E-state index is -3.74. The number of ether oxygens (including phenoxy) is 2. The smallest absolute Gasteiger partial charge is 0.261 e. The van der Waals surface area contributed by atoms with Crippen LogP contribution in [0.25, 0.3) is 0 Å². The van der Waals surface area contributed by atoms with E-state index in [9.17, 15) is 8.42 Å². The highest BCUT2D eigenvalue weighted by molar-refractivity contribution is 8.13. The van der Waals surface area contributed by atoms with E-state index in [1.54, 1.807) is 19.1 Å². The molecular weight excluding hydrogens is 300 g/mol. The Morgan fingerprint density at radius 1 is 1.40 bits per heavy atom. The maximum atomic E-state index is 11.6. The largest absolute Gasteiger partial charge is 0.488 e. The van der Waals surface area contributed by atoms with E-state index in [-0.39, 0.29) is 16.9 Å². The van der Waals surface area contributed by atoms with Gasteiger partial charge in [0.1, 0.15) is 11.9 Å². The van der Waals surface area contributed by atoms with Gasteiger partial charge in [0.25, 0.3) is 9.05 Å². The maximum Gasteiger partial charge on any atom is 0.261 e. The Morgan fingerprint density at radius 3 is 2.60 bits per heavy atom. The number of rotatable bonds is 4. The predicted molar refractivity (Wildman–Crippen MR) is 78.2 cm³/mol. The lowest BCUT2D eigenvalue weighted by molar-refractivity contribution is 0.140. The fourth-order valence-electron chi connectivity index (χ4n) is 2.28. The van der Waals surface area contributed by atoms with Gasteiger partial charge in [-0.2, -0.15) is 0 Å². The van der Waals surface area contributed by atoms with Crippen molar-refractivity contribution in [2.75, 3.05) is 13.2 Å². The molecule has 1 heterocycles. The molecule has 4 nitrogen and oxygen atoms in total. The van der Waals surface area contributed by atoms with Crippen molar-refractivity contribution in [3.05, 3.63) is 23.3 Å². The molecule has 1 atom stereocenters. The molecule has 1 aliphatic heterocycles. The van der Waals surface area contributed by atoms with Crippen LogP contribution in [-0.4, -0.2) is 27.7 Å². The third-order valence-corrected chi connectivity index (χ3v) is 4.84. The zero-order valence-corrected chi connectivity index (χ0v) is 13.4. The average Bonchev–Trinajstić information content (AvgIpc) is 2.79. The van der Waals surface area contributed by atoms with E-state index in [0.717, 1.165) is 17.7 Å². The lowest BCUT2D eigenvalue weighted by Crippen LogP contribution is -2.17. The molecule has 20 heavy (non-hydrogen) atoms. The van der Waals surface area contributed by atoms with Crippen LogP contribution in [0.4, 0.5) is 0 Å². The van der Waals surface area contributed by atoms with Crippen LogP contribution in [-0.2, 0) is 13.8 Å². The summed E-state index contributed by atoms with van der Waals surface area (Å²) < 4.78 is 34.4. The van der Waals surface area contributed by atoms with Crippen LogP contribution < -0.4 is 4.74 Å². The van der Waals surface area contributed by atoms with Gasteiger partial charge in [-0.05, 0) is 36.1 Å². The molecule has 6 heteroatoms. The van der Waals surface area contributed by atoms with Gasteiger partial charge in [-0.15, -0.1) is 0 Å². The van der Waals surface area contributed by atoms with Crippen LogP contribution in [0.15, 0.2) is 17.0 Å². The zero-order chi connectivity index (χ0) is 14.9. The monoisotopic (exact) mass is 318 g/mol. The minimum absolute atomic E-state index is 0.0327. The quantitative estimate of drug-likeness (QED) is 0.800. The van der Waals surface area contributed by atoms with Crippen LogP contribution in [0.5, 0.6) is 5.75 Å². The number of halogens is 1. The molecule has 0 radical (unpaired) electrons. The van der Waals surface area contributed by atoms with Gasteiger partial charge in [-0.3, -0.25) is 0 Å². The molecule has 0 aromatic heterocycles. The third kappa shape index (κ3) is 3.45. The number of aryl methyl sites for hydroxylation is 1. The Hall–Kier alpha value is -0.780. The van der Waals surface area contributed by atoms with E-state index in [0.29, 0.717) is 18.8 Å². The second kappa shape index (κ2) is 5.92. The summed E-state index contributed by atoms with van der Waals surface area (Å²) in [5.74, 6) is 0.863. The summed E-state index contributed by atoms with van der Waals surface area (Å²) in [6.07, 6.45) is 0.886. The summed E-state index contributed by atoms with van der Waals surface area (Å²) in [5, 5.41) is 0. The summed E-state index contributed by atoms with van der Waals surface area (Å²) in [7, 11) is 1.73. The predicted octanol–water partition coefficient (Wildman–Crippen LogP) is 3.21. The van der Waals surface area contributed by atoms with E-state index in [1.165, 1.54) is 0 Å². The number of hydrogen-bond acceptors (Lipinski definition) is 4. The molecule has 2 rings (SSSR count). The summed E-state index contributed by atoms with van der Waals surface area (Å²) >= 11 is 0. The fourth-order valence-corrected chi connectivity index (χ4v) is 3.49. The molecule has 1 saturated heterocycles. The Morgan fingerprint density at radius 2 is 2.10 bits per heavy atom. The van der Waals surface area contributed by atoms with E-state index in [2.05, 4.69) is 0 Å². The third-order valence-electron chi connectivity index (χ3n) is 3.37. The van der Waals surface area contributed by atoms with Crippen LogP contribution in [0, 0.1) is 6.92 Å². The molecule has 1 fully saturated rings. The topological polar surface area (TPSA) is 52.6 Å². The Bertz CT molecular complexity index is 589. The first-order chi connectivity index (χ1) is 9.29. The lowest BCUT2D eigenvalue weighted by atomic mass is 10.0. The van der Waals surface area contributed by atoms with Crippen LogP contribution in [0.2, 0.25) is 0 Å². The van der Waals surface area contributed by atoms with Gasteiger partial charge in [0.15, 0.2) is 0 Å². The standard InChI is InChI=1S/C14H19ClO4S/c1-9(2)12-7-14(20(15,16)17)10(3)6-13(12)19-11-4-5-18-8-11/h6-7,9,11H,4-5,8H2,1-3H3. The van der Waals surface area contributed by atoms with Crippen LogP contribution >= 0.6 is 10.7 Å². The van der Waals surface area contributed by atoms with Crippen molar-refractivity contribution in [3.8, 4) is 5.75 Å². The highest BCUT2D eigenvalue weighted by atomic mass is 35.7. The minimum Gasteiger partial charge on any atom is -0.488 e. The molecule has 0 N–H and O–H groups in total. The first-order valence-electron chi connectivity index (χ1n) is 6.62. The molecule has 0 saturated carbocycles. The first-order valence-corrected chi connectivity index (χ1v) is 8.93. The highest BCUT2D eigenvalue weighted by Crippen LogP contribution is 2.34. The van der Waals surface area contributed by atoms with Crippen LogP contribution in [0.3, 0.4) is 0 Å². The molecule has 0 bridgehead atoms.